The first-order valence-electron chi connectivity index (χ1n) is 9.43. The molecule has 0 aliphatic carbocycles. The Kier molecular flexibility index (Phi) is 4.66. The Morgan fingerprint density at radius 2 is 2.12 bits per heavy atom. The predicted octanol–water partition coefficient (Wildman–Crippen LogP) is 3.17. The third-order valence-corrected chi connectivity index (χ3v) is 5.83. The maximum atomic E-state index is 12.6. The number of amides is 1. The molecule has 4 rings (SSSR count). The van der Waals surface area contributed by atoms with E-state index in [2.05, 4.69) is 15.2 Å². The molecular formula is C20H27N3O2. The molecule has 0 saturated carbocycles. The van der Waals surface area contributed by atoms with Crippen molar-refractivity contribution in [3.8, 4) is 5.75 Å². The van der Waals surface area contributed by atoms with E-state index >= 15 is 0 Å². The van der Waals surface area contributed by atoms with Gasteiger partial charge in [0.2, 0.25) is 0 Å². The molecule has 0 unspecified atom stereocenters. The summed E-state index contributed by atoms with van der Waals surface area (Å²) in [6, 6.07) is 8.39. The number of benzene rings is 1. The molecule has 5 nitrogen and oxygen atoms in total. The second kappa shape index (κ2) is 7.08. The first kappa shape index (κ1) is 16.5. The normalized spacial score (nSPS) is 24.0. The zero-order valence-corrected chi connectivity index (χ0v) is 14.9. The minimum absolute atomic E-state index is 0.0110. The summed E-state index contributed by atoms with van der Waals surface area (Å²) in [7, 11) is 1.65. The first-order chi connectivity index (χ1) is 12.2. The van der Waals surface area contributed by atoms with Crippen LogP contribution in [-0.4, -0.2) is 48.6 Å². The molecule has 2 aliphatic rings. The van der Waals surface area contributed by atoms with E-state index in [-0.39, 0.29) is 5.91 Å². The molecule has 0 bridgehead atoms. The number of rotatable bonds is 4. The van der Waals surface area contributed by atoms with Crippen molar-refractivity contribution in [3.05, 3.63) is 30.0 Å². The number of nitrogens with one attached hydrogen (secondary N) is 2. The van der Waals surface area contributed by atoms with E-state index in [1.54, 1.807) is 7.11 Å². The lowest BCUT2D eigenvalue weighted by Gasteiger charge is -2.44. The standard InChI is InChI=1S/C20H27N3O2/c1-25-16-8-7-14-11-18(22-17(14)12-16)20(24)21-13-15-5-4-10-23-9-3-2-6-19(15)23/h7-8,11-12,15,19,22H,2-6,9-10,13H2,1H3,(H,21,24)/t15-,19+/m0/s1. The number of ether oxygens (including phenoxy) is 1. The molecule has 0 radical (unpaired) electrons. The number of piperidine rings is 2. The van der Waals surface area contributed by atoms with E-state index in [4.69, 9.17) is 4.74 Å². The Morgan fingerprint density at radius 3 is 3.00 bits per heavy atom. The van der Waals surface area contributed by atoms with Crippen LogP contribution in [0.4, 0.5) is 0 Å². The van der Waals surface area contributed by atoms with Crippen molar-refractivity contribution in [2.24, 2.45) is 5.92 Å². The lowest BCUT2D eigenvalue weighted by atomic mass is 9.83. The molecule has 5 heteroatoms. The molecule has 25 heavy (non-hydrogen) atoms. The summed E-state index contributed by atoms with van der Waals surface area (Å²) in [5.41, 5.74) is 1.56. The summed E-state index contributed by atoms with van der Waals surface area (Å²) < 4.78 is 5.24. The molecule has 3 heterocycles. The lowest BCUT2D eigenvalue weighted by molar-refractivity contribution is 0.0575. The van der Waals surface area contributed by atoms with Crippen molar-refractivity contribution in [3.63, 3.8) is 0 Å². The molecule has 2 fully saturated rings. The smallest absolute Gasteiger partial charge is 0.267 e. The molecule has 1 amide bonds. The monoisotopic (exact) mass is 341 g/mol. The van der Waals surface area contributed by atoms with Gasteiger partial charge in [0.05, 0.1) is 7.11 Å². The van der Waals surface area contributed by atoms with Crippen LogP contribution < -0.4 is 10.1 Å². The highest BCUT2D eigenvalue weighted by Gasteiger charge is 2.33. The first-order valence-corrected chi connectivity index (χ1v) is 9.43. The number of carbonyl (C=O) groups excluding carboxylic acids is 1. The van der Waals surface area contributed by atoms with Crippen LogP contribution in [0.1, 0.15) is 42.6 Å². The van der Waals surface area contributed by atoms with Crippen molar-refractivity contribution >= 4 is 16.8 Å². The largest absolute Gasteiger partial charge is 0.497 e. The Hall–Kier alpha value is -2.01. The topological polar surface area (TPSA) is 57.4 Å². The lowest BCUT2D eigenvalue weighted by Crippen LogP contribution is -2.51. The highest BCUT2D eigenvalue weighted by molar-refractivity contribution is 5.98. The van der Waals surface area contributed by atoms with Crippen molar-refractivity contribution < 1.29 is 9.53 Å². The molecule has 2 aromatic rings. The van der Waals surface area contributed by atoms with Gasteiger partial charge in [-0.2, -0.15) is 0 Å². The average Bonchev–Trinajstić information content (AvgIpc) is 3.09. The van der Waals surface area contributed by atoms with Crippen molar-refractivity contribution in [2.45, 2.75) is 38.1 Å². The van der Waals surface area contributed by atoms with Crippen molar-refractivity contribution in [2.75, 3.05) is 26.7 Å². The quantitative estimate of drug-likeness (QED) is 0.898. The minimum Gasteiger partial charge on any atom is -0.497 e. The fourth-order valence-corrected chi connectivity index (χ4v) is 4.49. The number of methoxy groups -OCH3 is 1. The van der Waals surface area contributed by atoms with Gasteiger partial charge in [0, 0.05) is 29.6 Å². The summed E-state index contributed by atoms with van der Waals surface area (Å²) in [6.45, 7) is 3.25. The third kappa shape index (κ3) is 3.38. The molecule has 2 atom stereocenters. The second-order valence-corrected chi connectivity index (χ2v) is 7.35. The van der Waals surface area contributed by atoms with Crippen LogP contribution in [0.25, 0.3) is 10.9 Å². The van der Waals surface area contributed by atoms with Gasteiger partial charge in [-0.15, -0.1) is 0 Å². The zero-order chi connectivity index (χ0) is 17.2. The molecule has 2 aliphatic heterocycles. The molecule has 1 aromatic heterocycles. The highest BCUT2D eigenvalue weighted by Crippen LogP contribution is 2.30. The Balaban J connectivity index is 1.41. The van der Waals surface area contributed by atoms with Gasteiger partial charge < -0.3 is 19.9 Å². The molecule has 2 N–H and O–H groups in total. The summed E-state index contributed by atoms with van der Waals surface area (Å²) >= 11 is 0. The van der Waals surface area contributed by atoms with Crippen molar-refractivity contribution in [1.82, 2.24) is 15.2 Å². The van der Waals surface area contributed by atoms with Crippen LogP contribution in [0.15, 0.2) is 24.3 Å². The number of H-pyrrole nitrogens is 1. The van der Waals surface area contributed by atoms with E-state index in [9.17, 15) is 4.79 Å². The van der Waals surface area contributed by atoms with Gasteiger partial charge in [-0.1, -0.05) is 6.42 Å². The maximum absolute atomic E-state index is 12.6. The molecule has 2 saturated heterocycles. The fraction of sp³-hybridized carbons (Fsp3) is 0.550. The Labute approximate surface area is 148 Å². The van der Waals surface area contributed by atoms with Crippen LogP contribution in [0.3, 0.4) is 0 Å². The number of nitrogens with zero attached hydrogens (tertiary/aromatic N) is 1. The fourth-order valence-electron chi connectivity index (χ4n) is 4.49. The zero-order valence-electron chi connectivity index (χ0n) is 14.9. The number of fused-ring (bicyclic) bond motifs is 2. The minimum atomic E-state index is -0.0110. The second-order valence-electron chi connectivity index (χ2n) is 7.35. The molecular weight excluding hydrogens is 314 g/mol. The number of hydrogen-bond donors (Lipinski definition) is 2. The van der Waals surface area contributed by atoms with Crippen LogP contribution >= 0.6 is 0 Å². The van der Waals surface area contributed by atoms with E-state index in [1.807, 2.05) is 24.3 Å². The number of carbonyl (C=O) groups is 1. The van der Waals surface area contributed by atoms with Gasteiger partial charge in [-0.3, -0.25) is 4.79 Å². The van der Waals surface area contributed by atoms with Gasteiger partial charge in [0.25, 0.3) is 5.91 Å². The SMILES string of the molecule is COc1ccc2cc(C(=O)NC[C@@H]3CCCN4CCCC[C@H]34)[nH]c2c1. The van der Waals surface area contributed by atoms with Crippen LogP contribution in [0.2, 0.25) is 0 Å². The number of aromatic amines is 1. The van der Waals surface area contributed by atoms with E-state index in [0.29, 0.717) is 17.7 Å². The summed E-state index contributed by atoms with van der Waals surface area (Å²) in [5.74, 6) is 1.37. The Bertz CT molecular complexity index is 752. The molecule has 134 valence electrons. The Morgan fingerprint density at radius 1 is 1.24 bits per heavy atom. The summed E-state index contributed by atoms with van der Waals surface area (Å²) in [6.07, 6.45) is 6.42. The van der Waals surface area contributed by atoms with Crippen LogP contribution in [-0.2, 0) is 0 Å². The van der Waals surface area contributed by atoms with E-state index in [1.165, 1.54) is 45.2 Å². The average molecular weight is 341 g/mol. The highest BCUT2D eigenvalue weighted by atomic mass is 16.5. The molecule has 0 spiro atoms. The molecule has 1 aromatic carbocycles. The van der Waals surface area contributed by atoms with E-state index < -0.39 is 0 Å². The van der Waals surface area contributed by atoms with E-state index in [0.717, 1.165) is 23.2 Å². The van der Waals surface area contributed by atoms with Gasteiger partial charge in [0.15, 0.2) is 0 Å². The van der Waals surface area contributed by atoms with Gasteiger partial charge >= 0.3 is 0 Å². The van der Waals surface area contributed by atoms with Gasteiger partial charge in [-0.25, -0.2) is 0 Å². The van der Waals surface area contributed by atoms with Gasteiger partial charge in [-0.05, 0) is 62.9 Å². The third-order valence-electron chi connectivity index (χ3n) is 5.83. The predicted molar refractivity (Wildman–Crippen MR) is 99.1 cm³/mol. The summed E-state index contributed by atoms with van der Waals surface area (Å²) in [4.78, 5) is 18.4. The summed E-state index contributed by atoms with van der Waals surface area (Å²) in [5, 5.41) is 4.19. The maximum Gasteiger partial charge on any atom is 0.267 e. The van der Waals surface area contributed by atoms with Crippen molar-refractivity contribution in [1.29, 1.82) is 0 Å². The number of hydrogen-bond acceptors (Lipinski definition) is 3. The van der Waals surface area contributed by atoms with Gasteiger partial charge in [0.1, 0.15) is 11.4 Å². The van der Waals surface area contributed by atoms with Crippen LogP contribution in [0, 0.1) is 5.92 Å². The number of aromatic nitrogens is 1. The van der Waals surface area contributed by atoms with Crippen LogP contribution in [0.5, 0.6) is 5.75 Å².